The number of hydrogen-bond donors (Lipinski definition) is 2. The van der Waals surface area contributed by atoms with Gasteiger partial charge in [0.25, 0.3) is 5.56 Å². The fourth-order valence-corrected chi connectivity index (χ4v) is 6.09. The van der Waals surface area contributed by atoms with Crippen molar-refractivity contribution in [1.82, 2.24) is 29.7 Å². The minimum Gasteiger partial charge on any atom is -0.328 e. The lowest BCUT2D eigenvalue weighted by atomic mass is 9.94. The van der Waals surface area contributed by atoms with Crippen LogP contribution in [0.1, 0.15) is 55.6 Å². The zero-order valence-electron chi connectivity index (χ0n) is 21.7. The molecule has 2 aliphatic rings. The molecule has 7 heteroatoms. The number of aryl methyl sites for hydroxylation is 1. The van der Waals surface area contributed by atoms with E-state index in [0.29, 0.717) is 18.0 Å². The highest BCUT2D eigenvalue weighted by molar-refractivity contribution is 5.91. The van der Waals surface area contributed by atoms with Crippen LogP contribution < -0.4 is 10.9 Å². The summed E-state index contributed by atoms with van der Waals surface area (Å²) in [5, 5.41) is 3.49. The van der Waals surface area contributed by atoms with Gasteiger partial charge in [0.05, 0.1) is 22.1 Å². The van der Waals surface area contributed by atoms with Crippen LogP contribution in [0.25, 0.3) is 22.1 Å². The number of rotatable bonds is 8. The van der Waals surface area contributed by atoms with Crippen molar-refractivity contribution >= 4 is 22.1 Å². The number of nitrogens with zero attached hydrogens (tertiary/aromatic N) is 4. The molecular formula is C30H38N6O. The molecule has 0 amide bonds. The Kier molecular flexibility index (Phi) is 7.33. The van der Waals surface area contributed by atoms with Crippen molar-refractivity contribution in [2.45, 2.75) is 57.9 Å². The first-order chi connectivity index (χ1) is 18.2. The van der Waals surface area contributed by atoms with Gasteiger partial charge in [-0.3, -0.25) is 4.79 Å². The number of H-pyrrole nitrogens is 1. The molecule has 2 saturated heterocycles. The Morgan fingerprint density at radius 1 is 0.919 bits per heavy atom. The lowest BCUT2D eigenvalue weighted by molar-refractivity contribution is 0.222. The summed E-state index contributed by atoms with van der Waals surface area (Å²) in [7, 11) is 0. The second kappa shape index (κ2) is 11.2. The number of aromatic nitrogens is 4. The van der Waals surface area contributed by atoms with Gasteiger partial charge in [-0.2, -0.15) is 0 Å². The minimum atomic E-state index is -0.119. The molecule has 2 aromatic heterocycles. The van der Waals surface area contributed by atoms with Crippen molar-refractivity contribution < 1.29 is 0 Å². The Balaban J connectivity index is 1.33. The number of nitrogens with one attached hydrogen (secondary N) is 2. The summed E-state index contributed by atoms with van der Waals surface area (Å²) in [6.45, 7) is 6.78. The fraction of sp³-hybridized carbons (Fsp3) is 0.500. The molecule has 0 atom stereocenters. The van der Waals surface area contributed by atoms with Crippen LogP contribution in [0, 0.1) is 5.92 Å². The molecule has 0 aliphatic carbocycles. The first-order valence-electron chi connectivity index (χ1n) is 14.1. The molecule has 2 N–H and O–H groups in total. The van der Waals surface area contributed by atoms with Gasteiger partial charge >= 0.3 is 0 Å². The van der Waals surface area contributed by atoms with E-state index in [4.69, 9.17) is 9.97 Å². The molecule has 4 aromatic rings. The number of fused-ring (bicyclic) bond motifs is 2. The van der Waals surface area contributed by atoms with Crippen LogP contribution in [0.15, 0.2) is 47.3 Å². The Labute approximate surface area is 218 Å². The molecule has 6 rings (SSSR count). The number of benzene rings is 2. The number of imidazole rings is 1. The van der Waals surface area contributed by atoms with Gasteiger partial charge in [-0.05, 0) is 88.4 Å². The highest BCUT2D eigenvalue weighted by Gasteiger charge is 2.20. The summed E-state index contributed by atoms with van der Waals surface area (Å²) in [6, 6.07) is 14.2. The van der Waals surface area contributed by atoms with Crippen LogP contribution in [-0.2, 0) is 19.4 Å². The lowest BCUT2D eigenvalue weighted by Gasteiger charge is -2.26. The molecule has 4 heterocycles. The van der Waals surface area contributed by atoms with Gasteiger partial charge in [0.1, 0.15) is 11.5 Å². The van der Waals surface area contributed by atoms with Gasteiger partial charge in [0.2, 0.25) is 0 Å². The van der Waals surface area contributed by atoms with Crippen molar-refractivity contribution in [3.8, 4) is 0 Å². The predicted molar refractivity (Wildman–Crippen MR) is 149 cm³/mol. The molecule has 2 aromatic carbocycles. The Morgan fingerprint density at radius 3 is 2.54 bits per heavy atom. The number of piperidine rings is 2. The molecular weight excluding hydrogens is 460 g/mol. The molecule has 0 spiro atoms. The summed E-state index contributed by atoms with van der Waals surface area (Å²) in [4.78, 5) is 28.5. The van der Waals surface area contributed by atoms with E-state index in [-0.39, 0.29) is 5.56 Å². The SMILES string of the molecule is O=c1[nH]c2cc3nc(CC4CCNCC4)n(CCCN4CCCCC4)c3cc2nc1Cc1ccccc1. The van der Waals surface area contributed by atoms with Gasteiger partial charge < -0.3 is 19.8 Å². The maximum Gasteiger partial charge on any atom is 0.270 e. The molecule has 2 fully saturated rings. The van der Waals surface area contributed by atoms with Gasteiger partial charge in [-0.1, -0.05) is 36.8 Å². The van der Waals surface area contributed by atoms with Crippen molar-refractivity contribution in [1.29, 1.82) is 0 Å². The van der Waals surface area contributed by atoms with Gasteiger partial charge in [-0.15, -0.1) is 0 Å². The van der Waals surface area contributed by atoms with E-state index >= 15 is 0 Å². The largest absolute Gasteiger partial charge is 0.328 e. The van der Waals surface area contributed by atoms with Crippen molar-refractivity contribution in [2.75, 3.05) is 32.7 Å². The van der Waals surface area contributed by atoms with E-state index in [9.17, 15) is 4.79 Å². The second-order valence-corrected chi connectivity index (χ2v) is 10.9. The van der Waals surface area contributed by atoms with E-state index in [1.54, 1.807) is 0 Å². The maximum absolute atomic E-state index is 12.8. The highest BCUT2D eigenvalue weighted by atomic mass is 16.1. The summed E-state index contributed by atoms with van der Waals surface area (Å²) < 4.78 is 2.45. The van der Waals surface area contributed by atoms with E-state index in [2.05, 4.69) is 25.8 Å². The van der Waals surface area contributed by atoms with E-state index < -0.39 is 0 Å². The van der Waals surface area contributed by atoms with Crippen LogP contribution in [0.4, 0.5) is 0 Å². The molecule has 194 valence electrons. The average molecular weight is 499 g/mol. The lowest BCUT2D eigenvalue weighted by Crippen LogP contribution is -2.31. The Hall–Kier alpha value is -3.03. The first kappa shape index (κ1) is 24.3. The summed E-state index contributed by atoms with van der Waals surface area (Å²) in [6.07, 6.45) is 9.11. The molecule has 2 aliphatic heterocycles. The third-order valence-corrected chi connectivity index (χ3v) is 8.16. The van der Waals surface area contributed by atoms with Crippen LogP contribution in [0.5, 0.6) is 0 Å². The van der Waals surface area contributed by atoms with E-state index in [1.807, 2.05) is 36.4 Å². The minimum absolute atomic E-state index is 0.119. The van der Waals surface area contributed by atoms with Crippen LogP contribution in [0.3, 0.4) is 0 Å². The van der Waals surface area contributed by atoms with Gasteiger partial charge in [0.15, 0.2) is 0 Å². The Bertz CT molecular complexity index is 1400. The monoisotopic (exact) mass is 498 g/mol. The summed E-state index contributed by atoms with van der Waals surface area (Å²) in [5.41, 5.74) is 5.23. The molecule has 0 bridgehead atoms. The molecule has 0 radical (unpaired) electrons. The van der Waals surface area contributed by atoms with Crippen LogP contribution in [-0.4, -0.2) is 57.1 Å². The first-order valence-corrected chi connectivity index (χ1v) is 14.1. The zero-order valence-corrected chi connectivity index (χ0v) is 21.7. The second-order valence-electron chi connectivity index (χ2n) is 10.9. The Morgan fingerprint density at radius 2 is 1.73 bits per heavy atom. The molecule has 0 unspecified atom stereocenters. The third kappa shape index (κ3) is 5.63. The molecule has 0 saturated carbocycles. The normalized spacial score (nSPS) is 17.6. The number of likely N-dealkylation sites (tertiary alicyclic amines) is 1. The summed E-state index contributed by atoms with van der Waals surface area (Å²) in [5.74, 6) is 1.85. The zero-order chi connectivity index (χ0) is 25.0. The number of aromatic amines is 1. The van der Waals surface area contributed by atoms with Crippen molar-refractivity contribution in [3.05, 3.63) is 69.9 Å². The van der Waals surface area contributed by atoms with Gasteiger partial charge in [-0.25, -0.2) is 9.97 Å². The smallest absolute Gasteiger partial charge is 0.270 e. The number of hydrogen-bond acceptors (Lipinski definition) is 5. The molecule has 37 heavy (non-hydrogen) atoms. The summed E-state index contributed by atoms with van der Waals surface area (Å²) >= 11 is 0. The fourth-order valence-electron chi connectivity index (χ4n) is 6.09. The van der Waals surface area contributed by atoms with E-state index in [1.165, 1.54) is 51.0 Å². The highest BCUT2D eigenvalue weighted by Crippen LogP contribution is 2.26. The van der Waals surface area contributed by atoms with Crippen molar-refractivity contribution in [3.63, 3.8) is 0 Å². The average Bonchev–Trinajstić information content (AvgIpc) is 3.25. The quantitative estimate of drug-likeness (QED) is 0.379. The third-order valence-electron chi connectivity index (χ3n) is 8.16. The van der Waals surface area contributed by atoms with Crippen molar-refractivity contribution in [2.24, 2.45) is 5.92 Å². The predicted octanol–water partition coefficient (Wildman–Crippen LogP) is 4.28. The standard InChI is InChI=1S/C30H38N6O/c37-30-27(18-22-8-3-1-4-9-22)32-25-21-28-26(20-24(25)34-30)33-29(19-23-10-12-31-13-11-23)36(28)17-7-16-35-14-5-2-6-15-35/h1,3-4,8-9,20-21,23,31H,2,5-7,10-19H2,(H,34,37). The van der Waals surface area contributed by atoms with Crippen LogP contribution in [0.2, 0.25) is 0 Å². The van der Waals surface area contributed by atoms with E-state index in [0.717, 1.165) is 66.7 Å². The molecule has 7 nitrogen and oxygen atoms in total. The topological polar surface area (TPSA) is 78.8 Å². The van der Waals surface area contributed by atoms with Gasteiger partial charge in [0, 0.05) is 19.4 Å². The van der Waals surface area contributed by atoms with Crippen LogP contribution >= 0.6 is 0 Å². The maximum atomic E-state index is 12.8.